The van der Waals surface area contributed by atoms with Gasteiger partial charge in [0.15, 0.2) is 0 Å². The highest BCUT2D eigenvalue weighted by molar-refractivity contribution is 6.30. The molecule has 118 valence electrons. The van der Waals surface area contributed by atoms with Gasteiger partial charge < -0.3 is 4.98 Å². The summed E-state index contributed by atoms with van der Waals surface area (Å²) in [6, 6.07) is 14.6. The molecular formula is C20H21ClN2. The van der Waals surface area contributed by atoms with Crippen LogP contribution in [0.3, 0.4) is 0 Å². The van der Waals surface area contributed by atoms with E-state index in [0.29, 0.717) is 0 Å². The van der Waals surface area contributed by atoms with E-state index in [-0.39, 0.29) is 5.41 Å². The molecule has 23 heavy (non-hydrogen) atoms. The minimum absolute atomic E-state index is 0.215. The van der Waals surface area contributed by atoms with E-state index < -0.39 is 0 Å². The first-order chi connectivity index (χ1) is 11.0. The lowest BCUT2D eigenvalue weighted by molar-refractivity contribution is 0.530. The number of halogens is 1. The van der Waals surface area contributed by atoms with Crippen molar-refractivity contribution in [2.75, 3.05) is 0 Å². The maximum absolute atomic E-state index is 6.03. The molecule has 2 nitrogen and oxygen atoms in total. The Morgan fingerprint density at radius 2 is 1.83 bits per heavy atom. The van der Waals surface area contributed by atoms with Crippen LogP contribution in [0.2, 0.25) is 5.02 Å². The van der Waals surface area contributed by atoms with E-state index in [1.165, 1.54) is 22.3 Å². The molecule has 0 aliphatic carbocycles. The average Bonchev–Trinajstić information content (AvgIpc) is 3.07. The number of hydrogen-bond acceptors (Lipinski definition) is 1. The summed E-state index contributed by atoms with van der Waals surface area (Å²) in [5.74, 6) is 0.987. The largest absolute Gasteiger partial charge is 0.348 e. The predicted octanol–water partition coefficient (Wildman–Crippen LogP) is 5.23. The van der Waals surface area contributed by atoms with E-state index in [1.54, 1.807) is 0 Å². The molecular weight excluding hydrogens is 304 g/mol. The van der Waals surface area contributed by atoms with Gasteiger partial charge in [0.1, 0.15) is 5.82 Å². The van der Waals surface area contributed by atoms with Gasteiger partial charge in [0.05, 0.1) is 5.41 Å². The zero-order chi connectivity index (χ0) is 16.4. The van der Waals surface area contributed by atoms with Gasteiger partial charge in [-0.3, -0.25) is 0 Å². The standard InChI is InChI=1S/C20H21ClN2/c1-14-5-4-6-18(15(14)2)20(3,19-22-11-12-23-19)13-16-7-9-17(21)10-8-16/h4-12H,13H2,1-3H3,(H,22,23)/t20-/m0/s1. The number of rotatable bonds is 4. The van der Waals surface area contributed by atoms with Crippen molar-refractivity contribution in [3.05, 3.63) is 88.0 Å². The van der Waals surface area contributed by atoms with Crippen molar-refractivity contribution >= 4 is 11.6 Å². The van der Waals surface area contributed by atoms with Crippen LogP contribution >= 0.6 is 11.6 Å². The fraction of sp³-hybridized carbons (Fsp3) is 0.250. The number of aryl methyl sites for hydroxylation is 1. The van der Waals surface area contributed by atoms with Gasteiger partial charge in [0, 0.05) is 17.4 Å². The molecule has 0 aliphatic rings. The number of nitrogens with zero attached hydrogens (tertiary/aromatic N) is 1. The zero-order valence-corrected chi connectivity index (χ0v) is 14.5. The summed E-state index contributed by atoms with van der Waals surface area (Å²) in [7, 11) is 0. The number of imidazole rings is 1. The van der Waals surface area contributed by atoms with Crippen molar-refractivity contribution < 1.29 is 0 Å². The van der Waals surface area contributed by atoms with Crippen LogP contribution < -0.4 is 0 Å². The highest BCUT2D eigenvalue weighted by atomic mass is 35.5. The highest BCUT2D eigenvalue weighted by Crippen LogP contribution is 2.36. The second-order valence-electron chi connectivity index (χ2n) is 6.32. The molecule has 0 radical (unpaired) electrons. The van der Waals surface area contributed by atoms with Gasteiger partial charge in [-0.05, 0) is 61.6 Å². The molecule has 1 aromatic heterocycles. The van der Waals surface area contributed by atoms with Crippen LogP contribution in [0.25, 0.3) is 0 Å². The average molecular weight is 325 g/mol. The molecule has 0 fully saturated rings. The summed E-state index contributed by atoms with van der Waals surface area (Å²) in [5, 5.41) is 0.764. The van der Waals surface area contributed by atoms with Crippen molar-refractivity contribution in [2.45, 2.75) is 32.6 Å². The minimum Gasteiger partial charge on any atom is -0.348 e. The van der Waals surface area contributed by atoms with E-state index >= 15 is 0 Å². The normalized spacial score (nSPS) is 13.7. The maximum atomic E-state index is 6.03. The van der Waals surface area contributed by atoms with Crippen molar-refractivity contribution in [1.29, 1.82) is 0 Å². The summed E-state index contributed by atoms with van der Waals surface area (Å²) in [4.78, 5) is 7.88. The molecule has 0 spiro atoms. The predicted molar refractivity (Wildman–Crippen MR) is 96.1 cm³/mol. The van der Waals surface area contributed by atoms with Gasteiger partial charge in [0.25, 0.3) is 0 Å². The summed E-state index contributed by atoms with van der Waals surface area (Å²) in [6.07, 6.45) is 4.57. The third-order valence-electron chi connectivity index (χ3n) is 4.69. The zero-order valence-electron chi connectivity index (χ0n) is 13.7. The second kappa shape index (κ2) is 6.21. The van der Waals surface area contributed by atoms with Crippen LogP contribution in [0.5, 0.6) is 0 Å². The molecule has 1 heterocycles. The maximum Gasteiger partial charge on any atom is 0.116 e. The Bertz CT molecular complexity index is 791. The number of aromatic amines is 1. The number of hydrogen-bond donors (Lipinski definition) is 1. The Morgan fingerprint density at radius 3 is 2.48 bits per heavy atom. The SMILES string of the molecule is Cc1cccc([C@](C)(Cc2ccc(Cl)cc2)c2ncc[nH]2)c1C. The quantitative estimate of drug-likeness (QED) is 0.699. The van der Waals surface area contributed by atoms with Crippen LogP contribution in [0.15, 0.2) is 54.9 Å². The Morgan fingerprint density at radius 1 is 1.09 bits per heavy atom. The first-order valence-electron chi connectivity index (χ1n) is 7.82. The molecule has 2 aromatic carbocycles. The van der Waals surface area contributed by atoms with Gasteiger partial charge in [-0.1, -0.05) is 41.9 Å². The van der Waals surface area contributed by atoms with Crippen molar-refractivity contribution in [1.82, 2.24) is 9.97 Å². The molecule has 0 amide bonds. The molecule has 0 saturated heterocycles. The summed E-state index contributed by atoms with van der Waals surface area (Å²) >= 11 is 6.03. The number of nitrogens with one attached hydrogen (secondary N) is 1. The lowest BCUT2D eigenvalue weighted by atomic mass is 9.74. The van der Waals surface area contributed by atoms with E-state index in [9.17, 15) is 0 Å². The van der Waals surface area contributed by atoms with Gasteiger partial charge in [-0.15, -0.1) is 0 Å². The fourth-order valence-corrected chi connectivity index (χ4v) is 3.36. The van der Waals surface area contributed by atoms with Gasteiger partial charge in [0.2, 0.25) is 0 Å². The lowest BCUT2D eigenvalue weighted by Gasteiger charge is -2.30. The molecule has 1 atom stereocenters. The molecule has 1 N–H and O–H groups in total. The van der Waals surface area contributed by atoms with Gasteiger partial charge >= 0.3 is 0 Å². The topological polar surface area (TPSA) is 28.7 Å². The highest BCUT2D eigenvalue weighted by Gasteiger charge is 2.33. The van der Waals surface area contributed by atoms with Crippen LogP contribution in [0.4, 0.5) is 0 Å². The van der Waals surface area contributed by atoms with Crippen molar-refractivity contribution in [3.63, 3.8) is 0 Å². The third kappa shape index (κ3) is 3.04. The van der Waals surface area contributed by atoms with Gasteiger partial charge in [-0.25, -0.2) is 4.98 Å². The van der Waals surface area contributed by atoms with E-state index in [1.807, 2.05) is 24.5 Å². The molecule has 0 saturated carbocycles. The monoisotopic (exact) mass is 324 g/mol. The van der Waals surface area contributed by atoms with Crippen LogP contribution in [0, 0.1) is 13.8 Å². The third-order valence-corrected chi connectivity index (χ3v) is 4.94. The lowest BCUT2D eigenvalue weighted by Crippen LogP contribution is -2.29. The molecule has 3 aromatic rings. The van der Waals surface area contributed by atoms with E-state index in [0.717, 1.165) is 17.3 Å². The van der Waals surface area contributed by atoms with E-state index in [2.05, 4.69) is 61.1 Å². The first kappa shape index (κ1) is 15.8. The van der Waals surface area contributed by atoms with Crippen molar-refractivity contribution in [3.8, 4) is 0 Å². The number of benzene rings is 2. The van der Waals surface area contributed by atoms with Crippen LogP contribution in [-0.4, -0.2) is 9.97 Å². The summed E-state index contributed by atoms with van der Waals surface area (Å²) in [6.45, 7) is 6.60. The molecule has 3 heteroatoms. The minimum atomic E-state index is -0.215. The van der Waals surface area contributed by atoms with Gasteiger partial charge in [-0.2, -0.15) is 0 Å². The fourth-order valence-electron chi connectivity index (χ4n) is 3.23. The Kier molecular flexibility index (Phi) is 4.27. The molecule has 0 aliphatic heterocycles. The number of aromatic nitrogens is 2. The van der Waals surface area contributed by atoms with E-state index in [4.69, 9.17) is 11.6 Å². The Labute approximate surface area is 142 Å². The van der Waals surface area contributed by atoms with Crippen LogP contribution in [0.1, 0.15) is 35.0 Å². The summed E-state index contributed by atoms with van der Waals surface area (Å²) in [5.41, 5.74) is 4.96. The Balaban J connectivity index is 2.11. The molecule has 3 rings (SSSR count). The molecule has 0 bridgehead atoms. The summed E-state index contributed by atoms with van der Waals surface area (Å²) < 4.78 is 0. The van der Waals surface area contributed by atoms with Crippen LogP contribution in [-0.2, 0) is 11.8 Å². The first-order valence-corrected chi connectivity index (χ1v) is 8.19. The Hall–Kier alpha value is -2.06. The smallest absolute Gasteiger partial charge is 0.116 e. The number of H-pyrrole nitrogens is 1. The van der Waals surface area contributed by atoms with Crippen molar-refractivity contribution in [2.24, 2.45) is 0 Å². The molecule has 0 unspecified atom stereocenters. The second-order valence-corrected chi connectivity index (χ2v) is 6.76.